The Bertz CT molecular complexity index is 615. The van der Waals surface area contributed by atoms with Crippen LogP contribution in [0.3, 0.4) is 0 Å². The van der Waals surface area contributed by atoms with E-state index >= 15 is 0 Å². The van der Waals surface area contributed by atoms with Crippen molar-refractivity contribution < 1.29 is 26.3 Å². The highest BCUT2D eigenvalue weighted by Gasteiger charge is 2.46. The van der Waals surface area contributed by atoms with Gasteiger partial charge in [-0.2, -0.15) is 4.31 Å². The van der Waals surface area contributed by atoms with E-state index in [0.29, 0.717) is 13.0 Å². The molecule has 0 radical (unpaired) electrons. The number of rotatable bonds is 12. The molecule has 0 unspecified atom stereocenters. The Labute approximate surface area is 155 Å². The lowest BCUT2D eigenvalue weighted by Gasteiger charge is -2.48. The summed E-state index contributed by atoms with van der Waals surface area (Å²) in [6.07, 6.45) is 2.88. The zero-order valence-corrected chi connectivity index (χ0v) is 19.7. The van der Waals surface area contributed by atoms with Gasteiger partial charge in [-0.05, 0) is 34.1 Å². The van der Waals surface area contributed by atoms with Crippen molar-refractivity contribution in [3.05, 3.63) is 0 Å². The Morgan fingerprint density at radius 3 is 1.88 bits per heavy atom. The summed E-state index contributed by atoms with van der Waals surface area (Å²) in [5, 5.41) is 0. The Balaban J connectivity index is 5.26. The van der Waals surface area contributed by atoms with E-state index in [4.69, 9.17) is 9.47 Å². The molecule has 0 aliphatic heterocycles. The molecule has 0 aromatic carbocycles. The van der Waals surface area contributed by atoms with Gasteiger partial charge in [0.1, 0.15) is 5.91 Å². The molecule has 0 saturated carbocycles. The van der Waals surface area contributed by atoms with Crippen molar-refractivity contribution in [2.24, 2.45) is 0 Å². The van der Waals surface area contributed by atoms with Crippen LogP contribution in [-0.4, -0.2) is 80.9 Å². The molecular weight excluding hydrogens is 384 g/mol. The van der Waals surface area contributed by atoms with Crippen LogP contribution in [0.5, 0.6) is 0 Å². The lowest BCUT2D eigenvalue weighted by Crippen LogP contribution is -2.66. The SMILES string of the molecule is COC(OC)[SiH2]CCCN(C(C)(C)C(C)(C)NS(C)(=O)=O)S(C)(=O)=O. The van der Waals surface area contributed by atoms with Crippen LogP contribution in [0.25, 0.3) is 0 Å². The molecule has 11 heteroatoms. The number of methoxy groups -OCH3 is 2. The van der Waals surface area contributed by atoms with E-state index in [0.717, 1.165) is 18.6 Å². The minimum absolute atomic E-state index is 0.178. The fraction of sp³-hybridized carbons (Fsp3) is 1.00. The molecule has 0 bridgehead atoms. The normalized spacial score (nSPS) is 15.0. The summed E-state index contributed by atoms with van der Waals surface area (Å²) in [6.45, 7) is 7.15. The maximum absolute atomic E-state index is 12.3. The third-order valence-electron chi connectivity index (χ3n) is 4.57. The first-order chi connectivity index (χ1) is 11.1. The van der Waals surface area contributed by atoms with E-state index in [2.05, 4.69) is 4.72 Å². The van der Waals surface area contributed by atoms with Crippen LogP contribution >= 0.6 is 0 Å². The molecule has 0 spiro atoms. The van der Waals surface area contributed by atoms with Crippen LogP contribution in [-0.2, 0) is 29.5 Å². The molecule has 0 amide bonds. The zero-order chi connectivity index (χ0) is 20.1. The van der Waals surface area contributed by atoms with E-state index in [9.17, 15) is 16.8 Å². The predicted molar refractivity (Wildman–Crippen MR) is 103 cm³/mol. The largest absolute Gasteiger partial charge is 0.360 e. The second kappa shape index (κ2) is 9.24. The minimum Gasteiger partial charge on any atom is -0.360 e. The number of hydrogen-bond acceptors (Lipinski definition) is 6. The van der Waals surface area contributed by atoms with Gasteiger partial charge in [0.05, 0.1) is 22.0 Å². The number of nitrogens with one attached hydrogen (secondary N) is 1. The van der Waals surface area contributed by atoms with Crippen molar-refractivity contribution in [1.82, 2.24) is 9.03 Å². The van der Waals surface area contributed by atoms with Crippen molar-refractivity contribution in [2.75, 3.05) is 33.3 Å². The molecule has 0 aromatic rings. The number of hydrogen-bond donors (Lipinski definition) is 1. The van der Waals surface area contributed by atoms with Gasteiger partial charge in [0, 0.05) is 31.8 Å². The lowest BCUT2D eigenvalue weighted by atomic mass is 9.83. The molecule has 0 aliphatic carbocycles. The highest BCUT2D eigenvalue weighted by Crippen LogP contribution is 2.31. The monoisotopic (exact) mass is 418 g/mol. The van der Waals surface area contributed by atoms with Gasteiger partial charge in [0.2, 0.25) is 20.0 Å². The summed E-state index contributed by atoms with van der Waals surface area (Å²) in [5.41, 5.74) is -1.93. The first-order valence-electron chi connectivity index (χ1n) is 8.11. The van der Waals surface area contributed by atoms with Crippen LogP contribution in [0.4, 0.5) is 0 Å². The van der Waals surface area contributed by atoms with Crippen LogP contribution in [0, 0.1) is 0 Å². The topological polar surface area (TPSA) is 102 Å². The van der Waals surface area contributed by atoms with Gasteiger partial charge in [0.25, 0.3) is 0 Å². The van der Waals surface area contributed by atoms with Gasteiger partial charge in [-0.15, -0.1) is 0 Å². The Kier molecular flexibility index (Phi) is 9.23. The summed E-state index contributed by atoms with van der Waals surface area (Å²) >= 11 is 0. The van der Waals surface area contributed by atoms with Gasteiger partial charge in [-0.3, -0.25) is 0 Å². The van der Waals surface area contributed by atoms with Crippen LogP contribution < -0.4 is 4.72 Å². The van der Waals surface area contributed by atoms with E-state index in [1.54, 1.807) is 41.9 Å². The van der Waals surface area contributed by atoms with Crippen molar-refractivity contribution in [3.8, 4) is 0 Å². The summed E-state index contributed by atoms with van der Waals surface area (Å²) in [5.74, 6) is -0.178. The second-order valence-electron chi connectivity index (χ2n) is 7.29. The molecule has 8 nitrogen and oxygen atoms in total. The third-order valence-corrected chi connectivity index (χ3v) is 8.94. The smallest absolute Gasteiger partial charge is 0.211 e. The first kappa shape index (κ1) is 25.0. The van der Waals surface area contributed by atoms with Gasteiger partial charge in [-0.1, -0.05) is 6.04 Å². The van der Waals surface area contributed by atoms with Gasteiger partial charge in [-0.25, -0.2) is 21.6 Å². The summed E-state index contributed by atoms with van der Waals surface area (Å²) < 4.78 is 62.3. The van der Waals surface area contributed by atoms with Crippen molar-refractivity contribution in [1.29, 1.82) is 0 Å². The molecule has 152 valence electrons. The van der Waals surface area contributed by atoms with Crippen molar-refractivity contribution in [3.63, 3.8) is 0 Å². The maximum atomic E-state index is 12.3. The maximum Gasteiger partial charge on any atom is 0.211 e. The van der Waals surface area contributed by atoms with E-state index in [-0.39, 0.29) is 5.91 Å². The molecular formula is C14H34N2O6S2Si. The highest BCUT2D eigenvalue weighted by molar-refractivity contribution is 7.89. The minimum atomic E-state index is -3.52. The van der Waals surface area contributed by atoms with Crippen molar-refractivity contribution in [2.45, 2.75) is 57.2 Å². The standard InChI is InChI=1S/C14H34N2O6S2Si/c1-13(2,15-23(7,17)18)14(3,4)16(24(8,19)20)10-9-11-25-12(21-5)22-6/h12,15H,9-11,25H2,1-8H3. The predicted octanol–water partition coefficient (Wildman–Crippen LogP) is -0.0920. The quantitative estimate of drug-likeness (QED) is 0.270. The summed E-state index contributed by atoms with van der Waals surface area (Å²) in [4.78, 5) is 0. The molecule has 0 atom stereocenters. The zero-order valence-electron chi connectivity index (χ0n) is 16.6. The summed E-state index contributed by atoms with van der Waals surface area (Å²) in [7, 11) is -4.47. The Hall–Kier alpha value is -0.0431. The second-order valence-corrected chi connectivity index (χ2v) is 12.9. The molecule has 0 saturated heterocycles. The number of ether oxygens (including phenoxy) is 2. The lowest BCUT2D eigenvalue weighted by molar-refractivity contribution is -0.0441. The summed E-state index contributed by atoms with van der Waals surface area (Å²) in [6, 6.07) is 0.856. The number of nitrogens with zero attached hydrogens (tertiary/aromatic N) is 1. The number of sulfonamides is 2. The molecule has 0 fully saturated rings. The molecule has 25 heavy (non-hydrogen) atoms. The first-order valence-corrected chi connectivity index (χ1v) is 13.7. The average Bonchev–Trinajstić information content (AvgIpc) is 2.38. The Morgan fingerprint density at radius 1 is 1.04 bits per heavy atom. The molecule has 0 aromatic heterocycles. The van der Waals surface area contributed by atoms with Crippen LogP contribution in [0.2, 0.25) is 6.04 Å². The molecule has 0 heterocycles. The van der Waals surface area contributed by atoms with Gasteiger partial charge in [0.15, 0.2) is 0 Å². The van der Waals surface area contributed by atoms with E-state index < -0.39 is 40.6 Å². The average molecular weight is 419 g/mol. The van der Waals surface area contributed by atoms with E-state index in [1.165, 1.54) is 4.31 Å². The van der Waals surface area contributed by atoms with Crippen LogP contribution in [0.1, 0.15) is 34.1 Å². The van der Waals surface area contributed by atoms with Crippen molar-refractivity contribution >= 4 is 29.6 Å². The molecule has 0 rings (SSSR count). The fourth-order valence-corrected chi connectivity index (χ4v) is 6.67. The van der Waals surface area contributed by atoms with Gasteiger partial charge >= 0.3 is 0 Å². The molecule has 0 aliphatic rings. The van der Waals surface area contributed by atoms with Gasteiger partial charge < -0.3 is 9.47 Å². The third kappa shape index (κ3) is 8.02. The Morgan fingerprint density at radius 2 is 1.52 bits per heavy atom. The fourth-order valence-electron chi connectivity index (χ4n) is 2.66. The van der Waals surface area contributed by atoms with E-state index in [1.807, 2.05) is 0 Å². The van der Waals surface area contributed by atoms with Crippen LogP contribution in [0.15, 0.2) is 0 Å². The highest BCUT2D eigenvalue weighted by atomic mass is 32.2. The molecule has 1 N–H and O–H groups in total.